The first kappa shape index (κ1) is 24.5. The van der Waals surface area contributed by atoms with Gasteiger partial charge in [-0.2, -0.15) is 13.2 Å². The molecule has 1 aromatic carbocycles. The Hall–Kier alpha value is -3.12. The first-order valence-corrected chi connectivity index (χ1v) is 10.4. The van der Waals surface area contributed by atoms with Gasteiger partial charge in [-0.25, -0.2) is 9.97 Å². The predicted octanol–water partition coefficient (Wildman–Crippen LogP) is 1.43. The van der Waals surface area contributed by atoms with Crippen LogP contribution in [0, 0.1) is 11.7 Å². The normalized spacial score (nSPS) is 18.8. The molecule has 0 radical (unpaired) electrons. The molecule has 4 N–H and O–H groups in total. The molecule has 180 valence electrons. The summed E-state index contributed by atoms with van der Waals surface area (Å²) in [4.78, 5) is 22.3. The molecular formula is C21H27F3N6O3. The Morgan fingerprint density at radius 3 is 2.91 bits per heavy atom. The number of aliphatic hydroxyl groups excluding tert-OH is 1. The van der Waals surface area contributed by atoms with Gasteiger partial charge in [0.05, 0.1) is 12.6 Å². The van der Waals surface area contributed by atoms with E-state index in [1.165, 1.54) is 23.4 Å². The van der Waals surface area contributed by atoms with Crippen LogP contribution in [0.1, 0.15) is 12.0 Å². The minimum absolute atomic E-state index is 0.00611. The second-order valence-electron chi connectivity index (χ2n) is 7.94. The van der Waals surface area contributed by atoms with Crippen LogP contribution in [0.25, 0.3) is 0 Å². The van der Waals surface area contributed by atoms with Crippen LogP contribution in [0.5, 0.6) is 5.75 Å². The van der Waals surface area contributed by atoms with E-state index in [2.05, 4.69) is 20.0 Å². The first-order chi connectivity index (χ1) is 15.7. The van der Waals surface area contributed by atoms with Gasteiger partial charge in [-0.15, -0.1) is 0 Å². The zero-order valence-electron chi connectivity index (χ0n) is 18.1. The number of rotatable bonds is 10. The van der Waals surface area contributed by atoms with Crippen molar-refractivity contribution in [2.75, 3.05) is 43.4 Å². The molecule has 1 aliphatic rings. The number of nitrogens with one attached hydrogen (secondary N) is 1. The lowest BCUT2D eigenvalue weighted by atomic mass is 9.94. The fourth-order valence-corrected chi connectivity index (χ4v) is 3.79. The maximum atomic E-state index is 15.1. The number of carbonyl (C=O) groups is 1. The van der Waals surface area contributed by atoms with Crippen molar-refractivity contribution in [2.24, 2.45) is 11.7 Å². The number of nitrogens with two attached hydrogens (primary N) is 1. The highest BCUT2D eigenvalue weighted by molar-refractivity contribution is 5.75. The standard InChI is InChI=1S/C21H27F3N6O3/c1-29(9-13-3-2-4-15(7-13)33-21(23)24)20-18(22)19(27-12-28-20)26-8-14-5-6-30(10-16(14)31)11-17(25)32/h2-4,7,12,14,16,21,31H,5-6,8-11H2,1H3,(H2,25,32)(H,26,27,28)/t14-,16+/m1/s1. The number of benzene rings is 1. The third-order valence-electron chi connectivity index (χ3n) is 5.39. The fraction of sp³-hybridized carbons (Fsp3) is 0.476. The smallest absolute Gasteiger partial charge is 0.387 e. The third kappa shape index (κ3) is 6.93. The number of carbonyl (C=O) groups excluding carboxylic acids is 1. The summed E-state index contributed by atoms with van der Waals surface area (Å²) in [6.45, 7) is -1.45. The molecule has 0 unspecified atom stereocenters. The number of hydrogen-bond acceptors (Lipinski definition) is 8. The summed E-state index contributed by atoms with van der Waals surface area (Å²) >= 11 is 0. The van der Waals surface area contributed by atoms with Crippen molar-refractivity contribution in [1.29, 1.82) is 0 Å². The lowest BCUT2D eigenvalue weighted by Crippen LogP contribution is -2.48. The van der Waals surface area contributed by atoms with E-state index in [1.807, 2.05) is 0 Å². The molecule has 3 rings (SSSR count). The Labute approximate surface area is 189 Å². The van der Waals surface area contributed by atoms with E-state index in [4.69, 9.17) is 5.73 Å². The van der Waals surface area contributed by atoms with Crippen molar-refractivity contribution in [2.45, 2.75) is 25.7 Å². The van der Waals surface area contributed by atoms with E-state index in [0.29, 0.717) is 25.1 Å². The maximum Gasteiger partial charge on any atom is 0.387 e. The Bertz CT molecular complexity index is 951. The molecule has 2 heterocycles. The molecule has 33 heavy (non-hydrogen) atoms. The van der Waals surface area contributed by atoms with Gasteiger partial charge in [0.1, 0.15) is 12.1 Å². The molecule has 12 heteroatoms. The first-order valence-electron chi connectivity index (χ1n) is 10.4. The molecule has 1 fully saturated rings. The molecule has 1 aromatic heterocycles. The lowest BCUT2D eigenvalue weighted by molar-refractivity contribution is -0.120. The molecule has 2 aromatic rings. The van der Waals surface area contributed by atoms with Crippen LogP contribution in [0.15, 0.2) is 30.6 Å². The monoisotopic (exact) mass is 468 g/mol. The van der Waals surface area contributed by atoms with Crippen LogP contribution in [0.3, 0.4) is 0 Å². The van der Waals surface area contributed by atoms with Crippen LogP contribution >= 0.6 is 0 Å². The maximum absolute atomic E-state index is 15.1. The summed E-state index contributed by atoms with van der Waals surface area (Å²) in [7, 11) is 1.62. The number of primary amides is 1. The SMILES string of the molecule is CN(Cc1cccc(OC(F)F)c1)c1ncnc(NC[C@H]2CCN(CC(N)=O)C[C@@H]2O)c1F. The highest BCUT2D eigenvalue weighted by Gasteiger charge is 2.28. The van der Waals surface area contributed by atoms with Crippen molar-refractivity contribution in [1.82, 2.24) is 14.9 Å². The second kappa shape index (κ2) is 11.1. The van der Waals surface area contributed by atoms with Crippen LogP contribution in [-0.4, -0.2) is 71.8 Å². The predicted molar refractivity (Wildman–Crippen MR) is 115 cm³/mol. The Morgan fingerprint density at radius 1 is 1.42 bits per heavy atom. The average molecular weight is 468 g/mol. The Morgan fingerprint density at radius 2 is 2.21 bits per heavy atom. The van der Waals surface area contributed by atoms with Gasteiger partial charge in [0.2, 0.25) is 11.7 Å². The van der Waals surface area contributed by atoms with Crippen molar-refractivity contribution < 1.29 is 27.8 Å². The number of β-amino-alcohol motifs (C(OH)–C–C–N with tert-alkyl or cyclic N) is 1. The van der Waals surface area contributed by atoms with Crippen LogP contribution < -0.4 is 20.7 Å². The Kier molecular flexibility index (Phi) is 8.28. The summed E-state index contributed by atoms with van der Waals surface area (Å²) in [5.41, 5.74) is 5.83. The lowest BCUT2D eigenvalue weighted by Gasteiger charge is -2.35. The molecule has 0 aliphatic carbocycles. The number of hydrogen-bond donors (Lipinski definition) is 3. The summed E-state index contributed by atoms with van der Waals surface area (Å²) in [5.74, 6) is -1.23. The third-order valence-corrected chi connectivity index (χ3v) is 5.39. The van der Waals surface area contributed by atoms with E-state index in [-0.39, 0.29) is 42.9 Å². The number of aromatic nitrogens is 2. The number of alkyl halides is 2. The van der Waals surface area contributed by atoms with E-state index >= 15 is 4.39 Å². The molecule has 1 saturated heterocycles. The quantitative estimate of drug-likeness (QED) is 0.480. The number of nitrogens with zero attached hydrogens (tertiary/aromatic N) is 4. The van der Waals surface area contributed by atoms with E-state index in [9.17, 15) is 18.7 Å². The summed E-state index contributed by atoms with van der Waals surface area (Å²) in [5, 5.41) is 13.3. The Balaban J connectivity index is 1.61. The van der Waals surface area contributed by atoms with Crippen LogP contribution in [0.4, 0.5) is 24.8 Å². The molecule has 1 aliphatic heterocycles. The number of piperidine rings is 1. The number of ether oxygens (including phenoxy) is 1. The summed E-state index contributed by atoms with van der Waals surface area (Å²) in [6, 6.07) is 6.14. The summed E-state index contributed by atoms with van der Waals surface area (Å²) in [6.07, 6.45) is 1.14. The molecule has 1 amide bonds. The molecule has 0 saturated carbocycles. The van der Waals surface area contributed by atoms with Gasteiger partial charge in [0.25, 0.3) is 0 Å². The number of halogens is 3. The zero-order valence-corrected chi connectivity index (χ0v) is 18.1. The largest absolute Gasteiger partial charge is 0.435 e. The van der Waals surface area contributed by atoms with Crippen molar-refractivity contribution in [3.05, 3.63) is 42.0 Å². The number of anilines is 2. The number of aliphatic hydroxyl groups is 1. The molecule has 2 atom stereocenters. The van der Waals surface area contributed by atoms with Gasteiger partial charge >= 0.3 is 6.61 Å². The van der Waals surface area contributed by atoms with Gasteiger partial charge in [-0.1, -0.05) is 12.1 Å². The van der Waals surface area contributed by atoms with E-state index in [1.54, 1.807) is 24.1 Å². The van der Waals surface area contributed by atoms with Crippen molar-refractivity contribution >= 4 is 17.5 Å². The minimum atomic E-state index is -2.93. The fourth-order valence-electron chi connectivity index (χ4n) is 3.79. The number of likely N-dealkylation sites (tertiary alicyclic amines) is 1. The van der Waals surface area contributed by atoms with Gasteiger partial charge in [-0.05, 0) is 30.7 Å². The topological polar surface area (TPSA) is 117 Å². The summed E-state index contributed by atoms with van der Waals surface area (Å²) < 4.78 is 44.3. The van der Waals surface area contributed by atoms with Crippen molar-refractivity contribution in [3.8, 4) is 5.75 Å². The van der Waals surface area contributed by atoms with E-state index in [0.717, 1.165) is 0 Å². The van der Waals surface area contributed by atoms with Crippen LogP contribution in [-0.2, 0) is 11.3 Å². The molecule has 0 bridgehead atoms. The van der Waals surface area contributed by atoms with Gasteiger partial charge < -0.3 is 25.8 Å². The second-order valence-corrected chi connectivity index (χ2v) is 7.94. The van der Waals surface area contributed by atoms with Crippen LogP contribution in [0.2, 0.25) is 0 Å². The molecule has 0 spiro atoms. The highest BCUT2D eigenvalue weighted by atomic mass is 19.3. The minimum Gasteiger partial charge on any atom is -0.435 e. The van der Waals surface area contributed by atoms with Crippen molar-refractivity contribution in [3.63, 3.8) is 0 Å². The average Bonchev–Trinajstić information content (AvgIpc) is 2.73. The van der Waals surface area contributed by atoms with Gasteiger partial charge in [0.15, 0.2) is 11.6 Å². The zero-order chi connectivity index (χ0) is 24.0. The molecule has 9 nitrogen and oxygen atoms in total. The van der Waals surface area contributed by atoms with E-state index < -0.39 is 24.4 Å². The number of amides is 1. The van der Waals surface area contributed by atoms with Gasteiger partial charge in [0, 0.05) is 32.6 Å². The highest BCUT2D eigenvalue weighted by Crippen LogP contribution is 2.25. The molecular weight excluding hydrogens is 441 g/mol. The van der Waals surface area contributed by atoms with Gasteiger partial charge in [-0.3, -0.25) is 9.69 Å².